The van der Waals surface area contributed by atoms with E-state index in [1.54, 1.807) is 12.1 Å². The maximum absolute atomic E-state index is 10.9. The first kappa shape index (κ1) is 11.0. The van der Waals surface area contributed by atoms with E-state index in [0.717, 1.165) is 0 Å². The smallest absolute Gasteiger partial charge is 0.298 e. The highest BCUT2D eigenvalue weighted by Crippen LogP contribution is 2.34. The van der Waals surface area contributed by atoms with Crippen molar-refractivity contribution in [3.63, 3.8) is 0 Å². The molecule has 0 amide bonds. The van der Waals surface area contributed by atoms with Crippen molar-refractivity contribution in [2.24, 2.45) is 5.92 Å². The van der Waals surface area contributed by atoms with Gasteiger partial charge in [0.2, 0.25) is 0 Å². The molecule has 1 atom stereocenters. The van der Waals surface area contributed by atoms with Crippen molar-refractivity contribution in [1.82, 2.24) is 4.98 Å². The number of nitrogens with zero attached hydrogens (tertiary/aromatic N) is 2. The minimum atomic E-state index is -0.445. The number of rotatable bonds is 4. The van der Waals surface area contributed by atoms with Crippen molar-refractivity contribution in [3.05, 3.63) is 28.3 Å². The van der Waals surface area contributed by atoms with Gasteiger partial charge in [-0.15, -0.1) is 0 Å². The molecule has 6 heteroatoms. The molecule has 1 heterocycles. The molecule has 1 aliphatic carbocycles. The molecule has 3 rings (SSSR count). The number of anilines is 1. The molecular weight excluding hydrogens is 234 g/mol. The van der Waals surface area contributed by atoms with Crippen LogP contribution in [0.3, 0.4) is 0 Å². The number of para-hydroxylation sites is 1. The standard InChI is InChI=1S/C12H13N3O3/c1-7(8-5-6-8)13-12-14-11-9(15(16)17)3-2-4-10(11)18-12/h2-4,7-8H,5-6H2,1H3,(H,13,14). The zero-order valence-corrected chi connectivity index (χ0v) is 9.92. The molecule has 1 aromatic carbocycles. The Hall–Kier alpha value is -2.11. The van der Waals surface area contributed by atoms with Crippen LogP contribution in [0.2, 0.25) is 0 Å². The molecule has 0 spiro atoms. The third kappa shape index (κ3) is 1.90. The number of nitro groups is 1. The number of non-ortho nitro benzene ring substituents is 1. The van der Waals surface area contributed by atoms with Crippen LogP contribution in [0.5, 0.6) is 0 Å². The van der Waals surface area contributed by atoms with Crippen LogP contribution >= 0.6 is 0 Å². The highest BCUT2D eigenvalue weighted by molar-refractivity contribution is 5.84. The predicted molar refractivity (Wildman–Crippen MR) is 66.5 cm³/mol. The lowest BCUT2D eigenvalue weighted by Crippen LogP contribution is -2.17. The average Bonchev–Trinajstić information content (AvgIpc) is 3.09. The first-order chi connectivity index (χ1) is 8.65. The van der Waals surface area contributed by atoms with Crippen molar-refractivity contribution in [2.45, 2.75) is 25.8 Å². The van der Waals surface area contributed by atoms with Crippen LogP contribution in [0.1, 0.15) is 19.8 Å². The summed E-state index contributed by atoms with van der Waals surface area (Å²) >= 11 is 0. The summed E-state index contributed by atoms with van der Waals surface area (Å²) in [5, 5.41) is 14.0. The van der Waals surface area contributed by atoms with Gasteiger partial charge in [0.05, 0.1) is 4.92 Å². The number of benzene rings is 1. The van der Waals surface area contributed by atoms with E-state index in [2.05, 4.69) is 17.2 Å². The Morgan fingerprint density at radius 2 is 2.33 bits per heavy atom. The number of aromatic nitrogens is 1. The van der Waals surface area contributed by atoms with Crippen molar-refractivity contribution in [1.29, 1.82) is 0 Å². The van der Waals surface area contributed by atoms with Gasteiger partial charge in [-0.2, -0.15) is 4.98 Å². The first-order valence-corrected chi connectivity index (χ1v) is 5.95. The second-order valence-corrected chi connectivity index (χ2v) is 4.67. The maximum atomic E-state index is 10.9. The number of hydrogen-bond acceptors (Lipinski definition) is 5. The Morgan fingerprint density at radius 3 is 3.00 bits per heavy atom. The number of oxazole rings is 1. The van der Waals surface area contributed by atoms with E-state index in [0.29, 0.717) is 23.0 Å². The van der Waals surface area contributed by atoms with E-state index in [1.807, 2.05) is 0 Å². The summed E-state index contributed by atoms with van der Waals surface area (Å²) in [4.78, 5) is 14.6. The van der Waals surface area contributed by atoms with Crippen LogP contribution in [0.15, 0.2) is 22.6 Å². The Labute approximate surface area is 103 Å². The summed E-state index contributed by atoms with van der Waals surface area (Å²) in [6, 6.07) is 5.36. The SMILES string of the molecule is CC(Nc1nc2c([N+](=O)[O-])cccc2o1)C1CC1. The Morgan fingerprint density at radius 1 is 1.56 bits per heavy atom. The third-order valence-electron chi connectivity index (χ3n) is 3.27. The van der Waals surface area contributed by atoms with E-state index >= 15 is 0 Å². The largest absolute Gasteiger partial charge is 0.423 e. The van der Waals surface area contributed by atoms with Crippen molar-refractivity contribution >= 4 is 22.8 Å². The van der Waals surface area contributed by atoms with Crippen molar-refractivity contribution < 1.29 is 9.34 Å². The molecule has 0 radical (unpaired) electrons. The third-order valence-corrected chi connectivity index (χ3v) is 3.27. The molecule has 18 heavy (non-hydrogen) atoms. The van der Waals surface area contributed by atoms with Crippen LogP contribution in [-0.2, 0) is 0 Å². The average molecular weight is 247 g/mol. The second kappa shape index (κ2) is 3.97. The quantitative estimate of drug-likeness (QED) is 0.663. The molecule has 0 saturated heterocycles. The van der Waals surface area contributed by atoms with Gasteiger partial charge in [-0.25, -0.2) is 0 Å². The van der Waals surface area contributed by atoms with Gasteiger partial charge in [-0.05, 0) is 31.7 Å². The van der Waals surface area contributed by atoms with Crippen molar-refractivity contribution in [3.8, 4) is 0 Å². The molecule has 1 fully saturated rings. The molecule has 0 bridgehead atoms. The molecule has 0 aliphatic heterocycles. The summed E-state index contributed by atoms with van der Waals surface area (Å²) in [6.45, 7) is 2.07. The fraction of sp³-hybridized carbons (Fsp3) is 0.417. The fourth-order valence-electron chi connectivity index (χ4n) is 2.05. The van der Waals surface area contributed by atoms with E-state index in [-0.39, 0.29) is 11.7 Å². The van der Waals surface area contributed by atoms with Crippen LogP contribution in [-0.4, -0.2) is 15.9 Å². The summed E-state index contributed by atoms with van der Waals surface area (Å²) in [7, 11) is 0. The minimum absolute atomic E-state index is 0.0247. The van der Waals surface area contributed by atoms with Gasteiger partial charge in [0.1, 0.15) is 0 Å². The lowest BCUT2D eigenvalue weighted by molar-refractivity contribution is -0.383. The van der Waals surface area contributed by atoms with E-state index < -0.39 is 4.92 Å². The molecule has 1 saturated carbocycles. The molecule has 1 unspecified atom stereocenters. The Bertz CT molecular complexity index is 604. The molecule has 1 aromatic heterocycles. The number of nitro benzene ring substituents is 1. The molecular formula is C12H13N3O3. The first-order valence-electron chi connectivity index (χ1n) is 5.95. The van der Waals surface area contributed by atoms with E-state index in [1.165, 1.54) is 18.9 Å². The van der Waals surface area contributed by atoms with Crippen LogP contribution in [0, 0.1) is 16.0 Å². The molecule has 6 nitrogen and oxygen atoms in total. The maximum Gasteiger partial charge on any atom is 0.298 e. The zero-order valence-electron chi connectivity index (χ0n) is 9.92. The van der Waals surface area contributed by atoms with Gasteiger partial charge in [0, 0.05) is 12.1 Å². The second-order valence-electron chi connectivity index (χ2n) is 4.67. The molecule has 1 N–H and O–H groups in total. The Balaban J connectivity index is 1.94. The summed E-state index contributed by atoms with van der Waals surface area (Å²) in [5.41, 5.74) is 0.714. The minimum Gasteiger partial charge on any atom is -0.423 e. The van der Waals surface area contributed by atoms with E-state index in [4.69, 9.17) is 4.42 Å². The Kier molecular flexibility index (Phi) is 2.43. The molecule has 94 valence electrons. The monoisotopic (exact) mass is 247 g/mol. The topological polar surface area (TPSA) is 81.2 Å². The van der Waals surface area contributed by atoms with Gasteiger partial charge in [-0.1, -0.05) is 6.07 Å². The number of nitrogens with one attached hydrogen (secondary N) is 1. The van der Waals surface area contributed by atoms with Crippen LogP contribution < -0.4 is 5.32 Å². The van der Waals surface area contributed by atoms with Gasteiger partial charge < -0.3 is 9.73 Å². The highest BCUT2D eigenvalue weighted by Gasteiger charge is 2.29. The molecule has 2 aromatic rings. The van der Waals surface area contributed by atoms with Gasteiger partial charge in [0.15, 0.2) is 11.1 Å². The zero-order chi connectivity index (χ0) is 12.7. The molecule has 1 aliphatic rings. The van der Waals surface area contributed by atoms with Gasteiger partial charge >= 0.3 is 0 Å². The van der Waals surface area contributed by atoms with Crippen LogP contribution in [0.25, 0.3) is 11.1 Å². The summed E-state index contributed by atoms with van der Waals surface area (Å²) < 4.78 is 5.48. The van der Waals surface area contributed by atoms with Crippen LogP contribution in [0.4, 0.5) is 11.7 Å². The van der Waals surface area contributed by atoms with E-state index in [9.17, 15) is 10.1 Å². The lowest BCUT2D eigenvalue weighted by Gasteiger charge is -2.09. The number of fused-ring (bicyclic) bond motifs is 1. The number of hydrogen-bond donors (Lipinski definition) is 1. The normalized spacial score (nSPS) is 16.7. The van der Waals surface area contributed by atoms with Gasteiger partial charge in [-0.3, -0.25) is 10.1 Å². The predicted octanol–water partition coefficient (Wildman–Crippen LogP) is 2.95. The summed E-state index contributed by atoms with van der Waals surface area (Å²) in [5.74, 6) is 0.662. The van der Waals surface area contributed by atoms with Crippen molar-refractivity contribution in [2.75, 3.05) is 5.32 Å². The fourth-order valence-corrected chi connectivity index (χ4v) is 2.05. The summed E-state index contributed by atoms with van der Waals surface area (Å²) in [6.07, 6.45) is 2.43. The lowest BCUT2D eigenvalue weighted by atomic mass is 10.2. The highest BCUT2D eigenvalue weighted by atomic mass is 16.6. The van der Waals surface area contributed by atoms with Gasteiger partial charge in [0.25, 0.3) is 11.7 Å².